The van der Waals surface area contributed by atoms with Crippen molar-refractivity contribution >= 4 is 23.5 Å². The molecule has 102 valence electrons. The Morgan fingerprint density at radius 2 is 2.21 bits per heavy atom. The lowest BCUT2D eigenvalue weighted by molar-refractivity contribution is 0.0153. The van der Waals surface area contributed by atoms with Gasteiger partial charge in [0.1, 0.15) is 5.60 Å². The van der Waals surface area contributed by atoms with Gasteiger partial charge in [0.05, 0.1) is 5.69 Å². The maximum atomic E-state index is 12.3. The predicted octanol–water partition coefficient (Wildman–Crippen LogP) is 2.37. The molecule has 1 aromatic carbocycles. The summed E-state index contributed by atoms with van der Waals surface area (Å²) in [5.41, 5.74) is 7.39. The molecule has 1 aromatic rings. The maximum Gasteiger partial charge on any atom is 0.414 e. The van der Waals surface area contributed by atoms with E-state index in [1.165, 1.54) is 0 Å². The lowest BCUT2D eigenvalue weighted by atomic mass is 9.97. The van der Waals surface area contributed by atoms with E-state index in [2.05, 4.69) is 0 Å². The molecule has 2 aliphatic rings. The SMILES string of the molecule is NCc1ccccc1N1CCC2(CCSC2)OC1=O. The minimum Gasteiger partial charge on any atom is -0.442 e. The third-order valence-corrected chi connectivity index (χ3v) is 5.11. The fourth-order valence-electron chi connectivity index (χ4n) is 2.73. The van der Waals surface area contributed by atoms with Gasteiger partial charge in [0.15, 0.2) is 0 Å². The molecule has 0 bridgehead atoms. The third kappa shape index (κ3) is 2.32. The van der Waals surface area contributed by atoms with E-state index in [0.29, 0.717) is 6.54 Å². The summed E-state index contributed by atoms with van der Waals surface area (Å²) in [5, 5.41) is 0. The fourth-order valence-corrected chi connectivity index (χ4v) is 4.11. The molecule has 19 heavy (non-hydrogen) atoms. The van der Waals surface area contributed by atoms with Crippen molar-refractivity contribution in [2.75, 3.05) is 23.0 Å². The second-order valence-electron chi connectivity index (χ2n) is 5.09. The molecule has 0 aliphatic carbocycles. The molecule has 0 radical (unpaired) electrons. The average Bonchev–Trinajstić information content (AvgIpc) is 2.87. The van der Waals surface area contributed by atoms with Gasteiger partial charge in [-0.1, -0.05) is 18.2 Å². The zero-order chi connectivity index (χ0) is 13.3. The van der Waals surface area contributed by atoms with Crippen molar-refractivity contribution in [2.45, 2.75) is 25.0 Å². The normalized spacial score (nSPS) is 26.8. The number of hydrogen-bond acceptors (Lipinski definition) is 4. The maximum absolute atomic E-state index is 12.3. The van der Waals surface area contributed by atoms with E-state index in [1.54, 1.807) is 4.90 Å². The number of nitrogens with two attached hydrogens (primary N) is 1. The Morgan fingerprint density at radius 3 is 2.89 bits per heavy atom. The van der Waals surface area contributed by atoms with Crippen molar-refractivity contribution < 1.29 is 9.53 Å². The Balaban J connectivity index is 1.82. The molecule has 0 saturated carbocycles. The number of nitrogens with zero attached hydrogens (tertiary/aromatic N) is 1. The van der Waals surface area contributed by atoms with Crippen molar-refractivity contribution in [1.82, 2.24) is 0 Å². The third-order valence-electron chi connectivity index (χ3n) is 3.88. The molecule has 1 unspecified atom stereocenters. The van der Waals surface area contributed by atoms with Crippen LogP contribution in [0.15, 0.2) is 24.3 Å². The van der Waals surface area contributed by atoms with Crippen molar-refractivity contribution in [3.05, 3.63) is 29.8 Å². The molecule has 5 heteroatoms. The highest BCUT2D eigenvalue weighted by Gasteiger charge is 2.43. The summed E-state index contributed by atoms with van der Waals surface area (Å²) >= 11 is 1.87. The van der Waals surface area contributed by atoms with Crippen molar-refractivity contribution in [2.24, 2.45) is 5.73 Å². The van der Waals surface area contributed by atoms with Crippen LogP contribution in [0, 0.1) is 0 Å². The molecule has 4 nitrogen and oxygen atoms in total. The number of benzene rings is 1. The lowest BCUT2D eigenvalue weighted by Crippen LogP contribution is -2.50. The Kier molecular flexibility index (Phi) is 3.41. The molecule has 2 heterocycles. The number of amides is 1. The van der Waals surface area contributed by atoms with Gasteiger partial charge in [-0.3, -0.25) is 4.90 Å². The molecule has 1 spiro atoms. The van der Waals surface area contributed by atoms with Crippen molar-refractivity contribution in [3.8, 4) is 0 Å². The van der Waals surface area contributed by atoms with Gasteiger partial charge in [0.2, 0.25) is 0 Å². The largest absolute Gasteiger partial charge is 0.442 e. The predicted molar refractivity (Wildman–Crippen MR) is 77.5 cm³/mol. The van der Waals surface area contributed by atoms with E-state index in [4.69, 9.17) is 10.5 Å². The van der Waals surface area contributed by atoms with Crippen LogP contribution in [0.3, 0.4) is 0 Å². The lowest BCUT2D eigenvalue weighted by Gasteiger charge is -2.38. The van der Waals surface area contributed by atoms with Gasteiger partial charge in [-0.15, -0.1) is 0 Å². The van der Waals surface area contributed by atoms with Gasteiger partial charge in [0.25, 0.3) is 0 Å². The molecular weight excluding hydrogens is 260 g/mol. The second kappa shape index (κ2) is 5.06. The van der Waals surface area contributed by atoms with Gasteiger partial charge in [-0.25, -0.2) is 4.79 Å². The Bertz CT molecular complexity index is 486. The number of carbonyl (C=O) groups is 1. The fraction of sp³-hybridized carbons (Fsp3) is 0.500. The number of thioether (sulfide) groups is 1. The average molecular weight is 278 g/mol. The van der Waals surface area contributed by atoms with Crippen molar-refractivity contribution in [1.29, 1.82) is 0 Å². The Hall–Kier alpha value is -1.20. The smallest absolute Gasteiger partial charge is 0.414 e. The molecule has 2 aliphatic heterocycles. The van der Waals surface area contributed by atoms with E-state index in [0.717, 1.165) is 42.1 Å². The highest BCUT2D eigenvalue weighted by molar-refractivity contribution is 7.99. The Morgan fingerprint density at radius 1 is 1.37 bits per heavy atom. The van der Waals surface area contributed by atoms with Gasteiger partial charge in [-0.05, 0) is 23.8 Å². The van der Waals surface area contributed by atoms with Crippen LogP contribution in [0.5, 0.6) is 0 Å². The number of carbonyl (C=O) groups excluding carboxylic acids is 1. The van der Waals surface area contributed by atoms with Gasteiger partial charge in [-0.2, -0.15) is 11.8 Å². The first-order valence-electron chi connectivity index (χ1n) is 6.60. The number of para-hydroxylation sites is 1. The molecule has 1 atom stereocenters. The number of rotatable bonds is 2. The Labute approximate surface area is 117 Å². The zero-order valence-corrected chi connectivity index (χ0v) is 11.6. The van der Waals surface area contributed by atoms with Crippen LogP contribution in [0.2, 0.25) is 0 Å². The minimum absolute atomic E-state index is 0.212. The van der Waals surface area contributed by atoms with Crippen LogP contribution in [0.1, 0.15) is 18.4 Å². The standard InChI is InChI=1S/C14H18N2O2S/c15-9-11-3-1-2-4-12(11)16-7-5-14(18-13(16)17)6-8-19-10-14/h1-4H,5-10,15H2. The first-order valence-corrected chi connectivity index (χ1v) is 7.76. The van der Waals surface area contributed by atoms with E-state index in [1.807, 2.05) is 36.0 Å². The highest BCUT2D eigenvalue weighted by atomic mass is 32.2. The first-order chi connectivity index (χ1) is 9.24. The van der Waals surface area contributed by atoms with Gasteiger partial charge < -0.3 is 10.5 Å². The van der Waals surface area contributed by atoms with Crippen LogP contribution < -0.4 is 10.6 Å². The van der Waals surface area contributed by atoms with E-state index in [9.17, 15) is 4.79 Å². The summed E-state index contributed by atoms with van der Waals surface area (Å²) in [5.74, 6) is 2.03. The molecule has 2 saturated heterocycles. The molecular formula is C14H18N2O2S. The summed E-state index contributed by atoms with van der Waals surface area (Å²) in [4.78, 5) is 14.0. The van der Waals surface area contributed by atoms with E-state index < -0.39 is 0 Å². The highest BCUT2D eigenvalue weighted by Crippen LogP contribution is 2.38. The topological polar surface area (TPSA) is 55.6 Å². The van der Waals surface area contributed by atoms with Crippen molar-refractivity contribution in [3.63, 3.8) is 0 Å². The number of hydrogen-bond donors (Lipinski definition) is 1. The molecule has 2 fully saturated rings. The summed E-state index contributed by atoms with van der Waals surface area (Å²) in [6, 6.07) is 7.76. The van der Waals surface area contributed by atoms with Gasteiger partial charge >= 0.3 is 6.09 Å². The monoisotopic (exact) mass is 278 g/mol. The number of ether oxygens (including phenoxy) is 1. The molecule has 2 N–H and O–H groups in total. The van der Waals surface area contributed by atoms with E-state index in [-0.39, 0.29) is 11.7 Å². The minimum atomic E-state index is -0.227. The zero-order valence-electron chi connectivity index (χ0n) is 10.8. The van der Waals surface area contributed by atoms with Crippen LogP contribution in [-0.4, -0.2) is 29.7 Å². The summed E-state index contributed by atoms with van der Waals surface area (Å²) < 4.78 is 5.73. The quantitative estimate of drug-likeness (QED) is 0.902. The van der Waals surface area contributed by atoms with Crippen LogP contribution in [0.4, 0.5) is 10.5 Å². The molecule has 0 aromatic heterocycles. The second-order valence-corrected chi connectivity index (χ2v) is 6.19. The van der Waals surface area contributed by atoms with Crippen LogP contribution in [-0.2, 0) is 11.3 Å². The van der Waals surface area contributed by atoms with Crippen LogP contribution in [0.25, 0.3) is 0 Å². The van der Waals surface area contributed by atoms with Gasteiger partial charge in [0, 0.05) is 25.3 Å². The van der Waals surface area contributed by atoms with E-state index >= 15 is 0 Å². The summed E-state index contributed by atoms with van der Waals surface area (Å²) in [6.45, 7) is 1.15. The number of anilines is 1. The summed E-state index contributed by atoms with van der Waals surface area (Å²) in [7, 11) is 0. The molecule has 1 amide bonds. The summed E-state index contributed by atoms with van der Waals surface area (Å²) in [6.07, 6.45) is 1.66. The first kappa shape index (κ1) is 12.8. The molecule has 3 rings (SSSR count). The van der Waals surface area contributed by atoms with Crippen LogP contribution >= 0.6 is 11.8 Å².